The number of hydrogen-bond acceptors (Lipinski definition) is 3. The summed E-state index contributed by atoms with van der Waals surface area (Å²) >= 11 is 0. The summed E-state index contributed by atoms with van der Waals surface area (Å²) in [6.45, 7) is 0. The number of hydrogen-bond donors (Lipinski definition) is 0. The van der Waals surface area contributed by atoms with E-state index in [0.29, 0.717) is 16.7 Å². The molecule has 0 bridgehead atoms. The van der Waals surface area contributed by atoms with Crippen molar-refractivity contribution in [1.29, 1.82) is 15.8 Å². The Labute approximate surface area is 291 Å². The molecule has 1 aromatic heterocycles. The summed E-state index contributed by atoms with van der Waals surface area (Å²) in [6.07, 6.45) is 0. The highest BCUT2D eigenvalue weighted by atomic mass is 28.3. The minimum absolute atomic E-state index is 0.350. The predicted molar refractivity (Wildman–Crippen MR) is 204 cm³/mol. The zero-order chi connectivity index (χ0) is 34.1. The van der Waals surface area contributed by atoms with Gasteiger partial charge in [0.1, 0.15) is 12.1 Å². The molecular formula is C45H28N4Si. The average Bonchev–Trinajstić information content (AvgIpc) is 3.53. The number of fused-ring (bicyclic) bond motifs is 3. The largest absolute Gasteiger partial charge is 0.309 e. The molecule has 0 saturated carbocycles. The lowest BCUT2D eigenvalue weighted by atomic mass is 9.99. The molecule has 0 unspecified atom stereocenters. The summed E-state index contributed by atoms with van der Waals surface area (Å²) in [5, 5.41) is 36.9. The van der Waals surface area contributed by atoms with Crippen LogP contribution < -0.4 is 20.7 Å². The molecular weight excluding hydrogens is 625 g/mol. The lowest BCUT2D eigenvalue weighted by Crippen LogP contribution is -2.75. The Kier molecular flexibility index (Phi) is 7.63. The molecule has 0 aliphatic carbocycles. The van der Waals surface area contributed by atoms with E-state index >= 15 is 0 Å². The highest BCUT2D eigenvalue weighted by Gasteiger charge is 2.43. The Morgan fingerprint density at radius 3 is 1.52 bits per heavy atom. The first kappa shape index (κ1) is 30.4. The van der Waals surface area contributed by atoms with E-state index in [-0.39, 0.29) is 0 Å². The SMILES string of the molecule is N#Cc1ccc2c(c1)c1ccccc1n2-c1ccc(-c2cc(C#N)c(C#N)cc2[Si](c2ccccc2)(c2ccccc2)c2ccccc2)cc1. The lowest BCUT2D eigenvalue weighted by molar-refractivity contribution is 1.18. The van der Waals surface area contributed by atoms with Crippen LogP contribution in [0.15, 0.2) is 170 Å². The van der Waals surface area contributed by atoms with Crippen molar-refractivity contribution in [3.63, 3.8) is 0 Å². The third-order valence-corrected chi connectivity index (χ3v) is 14.5. The van der Waals surface area contributed by atoms with Gasteiger partial charge in [0.25, 0.3) is 0 Å². The Morgan fingerprint density at radius 1 is 0.440 bits per heavy atom. The maximum absolute atomic E-state index is 10.4. The standard InChI is InChI=1S/C45H28N4Si/c46-29-32-20-25-44-42(26-32)40-18-10-11-19-43(40)49(44)36-23-21-33(22-24-36)41-27-34(30-47)35(31-48)28-45(41)50(37-12-4-1-5-13-37,38-14-6-2-7-15-38)39-16-8-3-9-17-39/h1-28H. The van der Waals surface area contributed by atoms with Crippen LogP contribution in [0.3, 0.4) is 0 Å². The van der Waals surface area contributed by atoms with Crippen LogP contribution in [0.5, 0.6) is 0 Å². The molecule has 0 aliphatic rings. The molecule has 0 spiro atoms. The van der Waals surface area contributed by atoms with Gasteiger partial charge >= 0.3 is 0 Å². The van der Waals surface area contributed by atoms with Crippen LogP contribution in [-0.2, 0) is 0 Å². The molecule has 50 heavy (non-hydrogen) atoms. The first-order valence-corrected chi connectivity index (χ1v) is 18.4. The normalized spacial score (nSPS) is 11.1. The zero-order valence-electron chi connectivity index (χ0n) is 27.0. The van der Waals surface area contributed by atoms with Gasteiger partial charge in [0.05, 0.1) is 33.8 Å². The van der Waals surface area contributed by atoms with Crippen LogP contribution >= 0.6 is 0 Å². The summed E-state index contributed by atoms with van der Waals surface area (Å²) in [6, 6.07) is 65.1. The van der Waals surface area contributed by atoms with Gasteiger partial charge in [0.2, 0.25) is 0 Å². The molecule has 0 N–H and O–H groups in total. The first-order valence-electron chi connectivity index (χ1n) is 16.4. The molecule has 1 heterocycles. The fourth-order valence-electron chi connectivity index (χ4n) is 7.48. The second-order valence-electron chi connectivity index (χ2n) is 12.3. The molecule has 8 aromatic rings. The third-order valence-electron chi connectivity index (χ3n) is 9.66. The fourth-order valence-corrected chi connectivity index (χ4v) is 12.5. The van der Waals surface area contributed by atoms with Crippen molar-refractivity contribution in [3.05, 3.63) is 187 Å². The minimum Gasteiger partial charge on any atom is -0.309 e. The molecule has 0 atom stereocenters. The van der Waals surface area contributed by atoms with E-state index in [2.05, 4.69) is 132 Å². The summed E-state index contributed by atoms with van der Waals surface area (Å²) in [7, 11) is -3.05. The smallest absolute Gasteiger partial charge is 0.180 e. The maximum atomic E-state index is 10.4. The van der Waals surface area contributed by atoms with E-state index in [1.54, 1.807) is 0 Å². The van der Waals surface area contributed by atoms with Gasteiger partial charge in [-0.25, -0.2) is 0 Å². The number of rotatable bonds is 6. The molecule has 0 aliphatic heterocycles. The monoisotopic (exact) mass is 652 g/mol. The van der Waals surface area contributed by atoms with Crippen molar-refractivity contribution in [1.82, 2.24) is 4.57 Å². The van der Waals surface area contributed by atoms with Crippen molar-refractivity contribution in [3.8, 4) is 35.0 Å². The van der Waals surface area contributed by atoms with E-state index < -0.39 is 8.07 Å². The molecule has 0 amide bonds. The quantitative estimate of drug-likeness (QED) is 0.138. The van der Waals surface area contributed by atoms with E-state index in [4.69, 9.17) is 0 Å². The summed E-state index contributed by atoms with van der Waals surface area (Å²) in [4.78, 5) is 0. The van der Waals surface area contributed by atoms with Crippen LogP contribution in [-0.4, -0.2) is 12.6 Å². The van der Waals surface area contributed by atoms with Gasteiger partial charge in [0, 0.05) is 16.5 Å². The molecule has 0 saturated heterocycles. The number of aromatic nitrogens is 1. The second kappa shape index (κ2) is 12.6. The van der Waals surface area contributed by atoms with Crippen LogP contribution in [0.25, 0.3) is 38.6 Å². The van der Waals surface area contributed by atoms with Gasteiger partial charge < -0.3 is 4.57 Å². The van der Waals surface area contributed by atoms with E-state index in [0.717, 1.165) is 43.8 Å². The zero-order valence-corrected chi connectivity index (χ0v) is 28.0. The Hall–Kier alpha value is -6.97. The van der Waals surface area contributed by atoms with E-state index in [1.807, 2.05) is 60.7 Å². The van der Waals surface area contributed by atoms with Crippen LogP contribution in [0.1, 0.15) is 16.7 Å². The number of benzene rings is 7. The summed E-state index contributed by atoms with van der Waals surface area (Å²) in [5.74, 6) is 0. The summed E-state index contributed by atoms with van der Waals surface area (Å²) in [5.41, 5.74) is 6.28. The first-order chi connectivity index (χ1) is 24.7. The van der Waals surface area contributed by atoms with Gasteiger partial charge in [-0.3, -0.25) is 0 Å². The average molecular weight is 653 g/mol. The van der Waals surface area contributed by atoms with Gasteiger partial charge in [-0.2, -0.15) is 15.8 Å². The lowest BCUT2D eigenvalue weighted by Gasteiger charge is -2.36. The van der Waals surface area contributed by atoms with Crippen molar-refractivity contribution in [2.24, 2.45) is 0 Å². The Morgan fingerprint density at radius 2 is 0.960 bits per heavy atom. The van der Waals surface area contributed by atoms with Crippen LogP contribution in [0, 0.1) is 34.0 Å². The van der Waals surface area contributed by atoms with Gasteiger partial charge in [-0.1, -0.05) is 121 Å². The number of para-hydroxylation sites is 1. The van der Waals surface area contributed by atoms with E-state index in [9.17, 15) is 15.8 Å². The van der Waals surface area contributed by atoms with Gasteiger partial charge in [-0.05, 0) is 80.4 Å². The minimum atomic E-state index is -3.05. The van der Waals surface area contributed by atoms with Crippen LogP contribution in [0.4, 0.5) is 0 Å². The number of nitrogens with zero attached hydrogens (tertiary/aromatic N) is 4. The highest BCUT2D eigenvalue weighted by molar-refractivity contribution is 7.20. The Balaban J connectivity index is 1.41. The molecule has 232 valence electrons. The highest BCUT2D eigenvalue weighted by Crippen LogP contribution is 2.34. The third kappa shape index (κ3) is 4.80. The van der Waals surface area contributed by atoms with Gasteiger partial charge in [-0.15, -0.1) is 0 Å². The second-order valence-corrected chi connectivity index (χ2v) is 16.0. The molecule has 0 fully saturated rings. The fraction of sp³-hybridized carbons (Fsp3) is 0. The Bertz CT molecular complexity index is 2560. The van der Waals surface area contributed by atoms with Crippen molar-refractivity contribution >= 4 is 50.6 Å². The molecule has 4 nitrogen and oxygen atoms in total. The molecule has 8 rings (SSSR count). The van der Waals surface area contributed by atoms with Gasteiger partial charge in [0.15, 0.2) is 8.07 Å². The molecule has 5 heteroatoms. The summed E-state index contributed by atoms with van der Waals surface area (Å²) < 4.78 is 2.23. The number of nitriles is 3. The maximum Gasteiger partial charge on any atom is 0.180 e. The molecule has 7 aromatic carbocycles. The van der Waals surface area contributed by atoms with Crippen molar-refractivity contribution in [2.45, 2.75) is 0 Å². The van der Waals surface area contributed by atoms with E-state index in [1.165, 1.54) is 15.6 Å². The predicted octanol–water partition coefficient (Wildman–Crippen LogP) is 7.44. The van der Waals surface area contributed by atoms with Crippen LogP contribution in [0.2, 0.25) is 0 Å². The molecule has 0 radical (unpaired) electrons. The topological polar surface area (TPSA) is 76.3 Å². The van der Waals surface area contributed by atoms with Crippen molar-refractivity contribution in [2.75, 3.05) is 0 Å². The van der Waals surface area contributed by atoms with Crippen molar-refractivity contribution < 1.29 is 0 Å².